The van der Waals surface area contributed by atoms with Crippen LogP contribution in [0.15, 0.2) is 10.7 Å². The summed E-state index contributed by atoms with van der Waals surface area (Å²) in [5.41, 5.74) is 0.481. The summed E-state index contributed by atoms with van der Waals surface area (Å²) in [6.45, 7) is 0. The van der Waals surface area contributed by atoms with E-state index in [4.69, 9.17) is 0 Å². The zero-order chi connectivity index (χ0) is 9.42. The lowest BCUT2D eigenvalue weighted by atomic mass is 10.1. The molecule has 0 saturated carbocycles. The van der Waals surface area contributed by atoms with Crippen molar-refractivity contribution >= 4 is 27.7 Å². The molecular formula is C8H6BrFN2O. The molecule has 1 amide bonds. The van der Waals surface area contributed by atoms with Crippen LogP contribution in [-0.2, 0) is 11.2 Å². The average molecular weight is 245 g/mol. The molecule has 0 aromatic carbocycles. The molecule has 2 rings (SSSR count). The Hall–Kier alpha value is -0.970. The second kappa shape index (κ2) is 3.06. The highest BCUT2D eigenvalue weighted by Gasteiger charge is 2.20. The molecule has 0 bridgehead atoms. The van der Waals surface area contributed by atoms with Crippen LogP contribution < -0.4 is 5.32 Å². The molecule has 1 aliphatic rings. The third kappa shape index (κ3) is 1.44. The van der Waals surface area contributed by atoms with Gasteiger partial charge in [-0.05, 0) is 22.4 Å². The highest BCUT2D eigenvalue weighted by Crippen LogP contribution is 2.27. The number of nitrogens with one attached hydrogen (secondary N) is 1. The fourth-order valence-electron chi connectivity index (χ4n) is 1.27. The van der Waals surface area contributed by atoms with Crippen LogP contribution in [0.4, 0.5) is 10.2 Å². The van der Waals surface area contributed by atoms with Crippen LogP contribution in [0.3, 0.4) is 0 Å². The number of anilines is 1. The molecule has 0 atom stereocenters. The number of rotatable bonds is 0. The Morgan fingerprint density at radius 2 is 2.31 bits per heavy atom. The molecule has 0 spiro atoms. The summed E-state index contributed by atoms with van der Waals surface area (Å²) in [4.78, 5) is 14.8. The van der Waals surface area contributed by atoms with Crippen molar-refractivity contribution < 1.29 is 9.18 Å². The second-order valence-corrected chi connectivity index (χ2v) is 3.65. The van der Waals surface area contributed by atoms with Gasteiger partial charge in [-0.3, -0.25) is 4.79 Å². The largest absolute Gasteiger partial charge is 0.310 e. The normalized spacial score (nSPS) is 15.1. The minimum absolute atomic E-state index is 0.110. The molecule has 0 fully saturated rings. The number of hydrogen-bond donors (Lipinski definition) is 1. The van der Waals surface area contributed by atoms with E-state index in [1.165, 1.54) is 6.20 Å². The molecule has 3 nitrogen and oxygen atoms in total. The van der Waals surface area contributed by atoms with E-state index in [9.17, 15) is 9.18 Å². The van der Waals surface area contributed by atoms with Gasteiger partial charge >= 0.3 is 0 Å². The third-order valence-corrected chi connectivity index (χ3v) is 2.48. The third-order valence-electron chi connectivity index (χ3n) is 1.93. The van der Waals surface area contributed by atoms with Crippen LogP contribution in [0.25, 0.3) is 0 Å². The van der Waals surface area contributed by atoms with Gasteiger partial charge in [-0.2, -0.15) is 0 Å². The van der Waals surface area contributed by atoms with Crippen LogP contribution in [0, 0.1) is 5.82 Å². The molecular weight excluding hydrogens is 239 g/mol. The number of nitrogens with zero attached hydrogens (tertiary/aromatic N) is 1. The molecule has 2 heterocycles. The quantitative estimate of drug-likeness (QED) is 0.758. The lowest BCUT2D eigenvalue weighted by Gasteiger charge is -2.16. The summed E-state index contributed by atoms with van der Waals surface area (Å²) in [5.74, 6) is -0.0938. The fourth-order valence-corrected chi connectivity index (χ4v) is 1.61. The SMILES string of the molecule is O=C1CCc2c(ncc(Br)c2F)N1. The van der Waals surface area contributed by atoms with E-state index in [1.807, 2.05) is 0 Å². The van der Waals surface area contributed by atoms with Gasteiger partial charge in [0, 0.05) is 18.2 Å². The number of aromatic nitrogens is 1. The number of fused-ring (bicyclic) bond motifs is 1. The molecule has 1 aromatic rings. The van der Waals surface area contributed by atoms with Crippen LogP contribution in [-0.4, -0.2) is 10.9 Å². The van der Waals surface area contributed by atoms with E-state index in [1.54, 1.807) is 0 Å². The molecule has 5 heteroatoms. The van der Waals surface area contributed by atoms with E-state index in [0.717, 1.165) is 0 Å². The Kier molecular flexibility index (Phi) is 2.03. The highest BCUT2D eigenvalue weighted by molar-refractivity contribution is 9.10. The summed E-state index contributed by atoms with van der Waals surface area (Å²) in [6, 6.07) is 0. The maximum Gasteiger partial charge on any atom is 0.225 e. The minimum atomic E-state index is -0.329. The average Bonchev–Trinajstić information content (AvgIpc) is 2.12. The summed E-state index contributed by atoms with van der Waals surface area (Å²) < 4.78 is 13.7. The first-order valence-electron chi connectivity index (χ1n) is 3.81. The minimum Gasteiger partial charge on any atom is -0.310 e. The van der Waals surface area contributed by atoms with Crippen LogP contribution in [0.2, 0.25) is 0 Å². The van der Waals surface area contributed by atoms with Gasteiger partial charge in [0.15, 0.2) is 0 Å². The Morgan fingerprint density at radius 3 is 3.08 bits per heavy atom. The van der Waals surface area contributed by atoms with E-state index >= 15 is 0 Å². The van der Waals surface area contributed by atoms with Gasteiger partial charge in [0.05, 0.1) is 4.47 Å². The smallest absolute Gasteiger partial charge is 0.225 e. The Bertz CT molecular complexity index is 381. The number of carbonyl (C=O) groups is 1. The maximum absolute atomic E-state index is 13.4. The molecule has 1 N–H and O–H groups in total. The van der Waals surface area contributed by atoms with Crippen LogP contribution >= 0.6 is 15.9 Å². The van der Waals surface area contributed by atoms with Crippen molar-refractivity contribution in [3.63, 3.8) is 0 Å². The van der Waals surface area contributed by atoms with Gasteiger partial charge in [-0.25, -0.2) is 9.37 Å². The maximum atomic E-state index is 13.4. The lowest BCUT2D eigenvalue weighted by molar-refractivity contribution is -0.116. The Morgan fingerprint density at radius 1 is 1.54 bits per heavy atom. The summed E-state index contributed by atoms with van der Waals surface area (Å²) in [7, 11) is 0. The van der Waals surface area contributed by atoms with Gasteiger partial charge in [-0.15, -0.1) is 0 Å². The predicted molar refractivity (Wildman–Crippen MR) is 48.8 cm³/mol. The molecule has 1 aromatic heterocycles. The number of hydrogen-bond acceptors (Lipinski definition) is 2. The van der Waals surface area contributed by atoms with Crippen molar-refractivity contribution in [1.29, 1.82) is 0 Å². The monoisotopic (exact) mass is 244 g/mol. The molecule has 1 aliphatic heterocycles. The van der Waals surface area contributed by atoms with Crippen molar-refractivity contribution in [3.8, 4) is 0 Å². The van der Waals surface area contributed by atoms with Crippen molar-refractivity contribution in [2.24, 2.45) is 0 Å². The van der Waals surface area contributed by atoms with Crippen molar-refractivity contribution in [1.82, 2.24) is 4.98 Å². The number of halogens is 2. The van der Waals surface area contributed by atoms with Gasteiger partial charge in [0.2, 0.25) is 5.91 Å². The Labute approximate surface area is 82.5 Å². The second-order valence-electron chi connectivity index (χ2n) is 2.80. The van der Waals surface area contributed by atoms with Crippen LogP contribution in [0.1, 0.15) is 12.0 Å². The van der Waals surface area contributed by atoms with Crippen molar-refractivity contribution in [2.75, 3.05) is 5.32 Å². The van der Waals surface area contributed by atoms with Crippen molar-refractivity contribution in [2.45, 2.75) is 12.8 Å². The summed E-state index contributed by atoms with van der Waals surface area (Å²) in [6.07, 6.45) is 2.08. The molecule has 0 saturated heterocycles. The predicted octanol–water partition coefficient (Wildman–Crippen LogP) is 1.87. The first-order valence-corrected chi connectivity index (χ1v) is 4.60. The highest BCUT2D eigenvalue weighted by atomic mass is 79.9. The van der Waals surface area contributed by atoms with E-state index in [0.29, 0.717) is 28.7 Å². The molecule has 0 radical (unpaired) electrons. The summed E-state index contributed by atoms with van der Waals surface area (Å²) in [5, 5.41) is 2.52. The molecule has 13 heavy (non-hydrogen) atoms. The molecule has 0 aliphatic carbocycles. The van der Waals surface area contributed by atoms with E-state index < -0.39 is 0 Å². The van der Waals surface area contributed by atoms with Gasteiger partial charge in [0.25, 0.3) is 0 Å². The van der Waals surface area contributed by atoms with Gasteiger partial charge < -0.3 is 5.32 Å². The number of pyridine rings is 1. The van der Waals surface area contributed by atoms with Gasteiger partial charge in [0.1, 0.15) is 11.6 Å². The van der Waals surface area contributed by atoms with E-state index in [-0.39, 0.29) is 11.7 Å². The zero-order valence-electron chi connectivity index (χ0n) is 6.60. The zero-order valence-corrected chi connectivity index (χ0v) is 8.19. The lowest BCUT2D eigenvalue weighted by Crippen LogP contribution is -2.21. The fraction of sp³-hybridized carbons (Fsp3) is 0.250. The first kappa shape index (κ1) is 8.62. The Balaban J connectivity index is 2.53. The molecule has 0 unspecified atom stereocenters. The van der Waals surface area contributed by atoms with Gasteiger partial charge in [-0.1, -0.05) is 0 Å². The summed E-state index contributed by atoms with van der Waals surface area (Å²) >= 11 is 3.04. The number of carbonyl (C=O) groups excluding carboxylic acids is 1. The first-order chi connectivity index (χ1) is 6.18. The number of amides is 1. The van der Waals surface area contributed by atoms with Crippen molar-refractivity contribution in [3.05, 3.63) is 22.1 Å². The topological polar surface area (TPSA) is 42.0 Å². The molecule has 68 valence electrons. The van der Waals surface area contributed by atoms with E-state index in [2.05, 4.69) is 26.2 Å². The standard InChI is InChI=1S/C8H6BrFN2O/c9-5-3-11-8-4(7(5)10)1-2-6(13)12-8/h3H,1-2H2,(H,11,12,13). The van der Waals surface area contributed by atoms with Crippen LogP contribution in [0.5, 0.6) is 0 Å².